The minimum Gasteiger partial charge on any atom is -0.325 e. The number of hydrogen-bond acceptors (Lipinski definition) is 5. The molecule has 4 unspecified atom stereocenters. The third-order valence-corrected chi connectivity index (χ3v) is 4.33. The van der Waals surface area contributed by atoms with Crippen molar-refractivity contribution in [3.05, 3.63) is 0 Å². The fourth-order valence-corrected chi connectivity index (χ4v) is 2.28. The van der Waals surface area contributed by atoms with Crippen molar-refractivity contribution in [3.63, 3.8) is 0 Å². The summed E-state index contributed by atoms with van der Waals surface area (Å²) in [5, 5.41) is 0. The first-order chi connectivity index (χ1) is 11.5. The Labute approximate surface area is 155 Å². The zero-order chi connectivity index (χ0) is 19.7. The summed E-state index contributed by atoms with van der Waals surface area (Å²) < 4.78 is 30.6. The summed E-state index contributed by atoms with van der Waals surface area (Å²) >= 11 is 0. The van der Waals surface area contributed by atoms with Gasteiger partial charge >= 0.3 is 0 Å². The SMILES string of the molecule is CCC(C)OC(C)(OC(C)CC)OC(C)(OC(C)CC)OC(C)CC. The quantitative estimate of drug-likeness (QED) is 0.376. The van der Waals surface area contributed by atoms with Gasteiger partial charge in [0.25, 0.3) is 11.9 Å². The molecule has 0 bridgehead atoms. The van der Waals surface area contributed by atoms with Gasteiger partial charge in [0.05, 0.1) is 24.4 Å². The smallest absolute Gasteiger partial charge is 0.284 e. The minimum atomic E-state index is -1.25. The van der Waals surface area contributed by atoms with Crippen LogP contribution in [0.4, 0.5) is 0 Å². The first-order valence-corrected chi connectivity index (χ1v) is 9.94. The second-order valence-electron chi connectivity index (χ2n) is 7.17. The first-order valence-electron chi connectivity index (χ1n) is 9.94. The fourth-order valence-electron chi connectivity index (χ4n) is 2.28. The van der Waals surface area contributed by atoms with Crippen molar-refractivity contribution in [3.8, 4) is 0 Å². The van der Waals surface area contributed by atoms with Crippen molar-refractivity contribution in [1.82, 2.24) is 0 Å². The normalized spacial score (nSPS) is 21.8. The molecule has 0 aliphatic rings. The van der Waals surface area contributed by atoms with Crippen LogP contribution >= 0.6 is 0 Å². The third kappa shape index (κ3) is 9.90. The molecule has 0 fully saturated rings. The van der Waals surface area contributed by atoms with Crippen molar-refractivity contribution >= 4 is 0 Å². The molecule has 5 heteroatoms. The predicted molar refractivity (Wildman–Crippen MR) is 101 cm³/mol. The van der Waals surface area contributed by atoms with Gasteiger partial charge in [-0.25, -0.2) is 0 Å². The highest BCUT2D eigenvalue weighted by molar-refractivity contribution is 4.64. The van der Waals surface area contributed by atoms with Crippen LogP contribution in [0.25, 0.3) is 0 Å². The average molecular weight is 363 g/mol. The van der Waals surface area contributed by atoms with E-state index in [4.69, 9.17) is 23.7 Å². The molecule has 0 amide bonds. The number of hydrogen-bond donors (Lipinski definition) is 0. The van der Waals surface area contributed by atoms with E-state index in [9.17, 15) is 0 Å². The van der Waals surface area contributed by atoms with Gasteiger partial charge < -0.3 is 18.9 Å². The van der Waals surface area contributed by atoms with Gasteiger partial charge in [-0.15, -0.1) is 0 Å². The van der Waals surface area contributed by atoms with E-state index in [1.165, 1.54) is 0 Å². The van der Waals surface area contributed by atoms with Gasteiger partial charge in [-0.05, 0) is 53.4 Å². The minimum absolute atomic E-state index is 0.00879. The second-order valence-corrected chi connectivity index (χ2v) is 7.17. The van der Waals surface area contributed by atoms with Gasteiger partial charge in [-0.2, -0.15) is 0 Å². The molecular formula is C20H42O5. The standard InChI is InChI=1S/C20H42O5/c1-11-15(5)21-19(9,22-16(6)12-2)25-20(10,23-17(7)13-3)24-18(8)14-4/h15-18H,11-14H2,1-10H3. The Kier molecular flexibility index (Phi) is 11.4. The summed E-state index contributed by atoms with van der Waals surface area (Å²) in [6.07, 6.45) is 3.40. The second kappa shape index (κ2) is 11.5. The van der Waals surface area contributed by atoms with Crippen molar-refractivity contribution in [2.24, 2.45) is 0 Å². The lowest BCUT2D eigenvalue weighted by Crippen LogP contribution is -2.52. The molecule has 0 saturated heterocycles. The van der Waals surface area contributed by atoms with Crippen molar-refractivity contribution in [2.75, 3.05) is 0 Å². The topological polar surface area (TPSA) is 46.2 Å². The molecule has 0 heterocycles. The Morgan fingerprint density at radius 2 is 0.720 bits per heavy atom. The summed E-state index contributed by atoms with van der Waals surface area (Å²) in [6.45, 7) is 19.9. The van der Waals surface area contributed by atoms with Crippen molar-refractivity contribution in [2.45, 2.75) is 131 Å². The lowest BCUT2D eigenvalue weighted by molar-refractivity contribution is -0.511. The molecule has 0 aliphatic carbocycles. The Morgan fingerprint density at radius 1 is 0.520 bits per heavy atom. The van der Waals surface area contributed by atoms with Gasteiger partial charge in [0.2, 0.25) is 0 Å². The molecule has 152 valence electrons. The fraction of sp³-hybridized carbons (Fsp3) is 1.00. The molecule has 0 spiro atoms. The Balaban J connectivity index is 5.45. The van der Waals surface area contributed by atoms with E-state index in [1.54, 1.807) is 13.8 Å². The summed E-state index contributed by atoms with van der Waals surface area (Å²) in [5.74, 6) is -2.50. The third-order valence-electron chi connectivity index (χ3n) is 4.33. The molecule has 5 nitrogen and oxygen atoms in total. The molecule has 0 aliphatic heterocycles. The van der Waals surface area contributed by atoms with Crippen LogP contribution in [0.15, 0.2) is 0 Å². The maximum Gasteiger partial charge on any atom is 0.284 e. The van der Waals surface area contributed by atoms with E-state index in [0.29, 0.717) is 0 Å². The van der Waals surface area contributed by atoms with Crippen LogP contribution < -0.4 is 0 Å². The molecule has 0 N–H and O–H groups in total. The molecular weight excluding hydrogens is 320 g/mol. The lowest BCUT2D eigenvalue weighted by Gasteiger charge is -2.42. The van der Waals surface area contributed by atoms with E-state index in [2.05, 4.69) is 27.7 Å². The van der Waals surface area contributed by atoms with Gasteiger partial charge in [-0.1, -0.05) is 27.7 Å². The van der Waals surface area contributed by atoms with Crippen LogP contribution in [0.1, 0.15) is 94.9 Å². The predicted octanol–water partition coefficient (Wildman–Crippen LogP) is 5.61. The molecule has 25 heavy (non-hydrogen) atoms. The molecule has 0 rings (SSSR count). The van der Waals surface area contributed by atoms with Gasteiger partial charge in [-0.3, -0.25) is 4.74 Å². The van der Waals surface area contributed by atoms with E-state index in [0.717, 1.165) is 25.7 Å². The van der Waals surface area contributed by atoms with Crippen molar-refractivity contribution in [1.29, 1.82) is 0 Å². The molecule has 0 aromatic heterocycles. The average Bonchev–Trinajstić information content (AvgIpc) is 2.52. The number of rotatable bonds is 14. The molecule has 4 atom stereocenters. The lowest BCUT2D eigenvalue weighted by atomic mass is 10.3. The van der Waals surface area contributed by atoms with E-state index >= 15 is 0 Å². The monoisotopic (exact) mass is 362 g/mol. The van der Waals surface area contributed by atoms with Crippen molar-refractivity contribution < 1.29 is 23.7 Å². The van der Waals surface area contributed by atoms with Crippen LogP contribution in [0.5, 0.6) is 0 Å². The highest BCUT2D eigenvalue weighted by Gasteiger charge is 2.43. The van der Waals surface area contributed by atoms with E-state index < -0.39 is 11.9 Å². The van der Waals surface area contributed by atoms with Gasteiger partial charge in [0.15, 0.2) is 0 Å². The summed E-state index contributed by atoms with van der Waals surface area (Å²) in [4.78, 5) is 0. The van der Waals surface area contributed by atoms with E-state index in [1.807, 2.05) is 27.7 Å². The number of ether oxygens (including phenoxy) is 5. The highest BCUT2D eigenvalue weighted by atomic mass is 17.0. The summed E-state index contributed by atoms with van der Waals surface area (Å²) in [6, 6.07) is 0. The Bertz CT molecular complexity index is 291. The van der Waals surface area contributed by atoms with E-state index in [-0.39, 0.29) is 24.4 Å². The van der Waals surface area contributed by atoms with Gasteiger partial charge in [0, 0.05) is 13.8 Å². The molecule has 0 aromatic rings. The van der Waals surface area contributed by atoms with Crippen LogP contribution in [0, 0.1) is 0 Å². The zero-order valence-corrected chi connectivity index (χ0v) is 18.2. The first kappa shape index (κ1) is 24.8. The van der Waals surface area contributed by atoms with Crippen LogP contribution in [-0.4, -0.2) is 36.4 Å². The van der Waals surface area contributed by atoms with Gasteiger partial charge in [0.1, 0.15) is 0 Å². The van der Waals surface area contributed by atoms with Crippen LogP contribution in [-0.2, 0) is 23.7 Å². The summed E-state index contributed by atoms with van der Waals surface area (Å²) in [7, 11) is 0. The Morgan fingerprint density at radius 3 is 0.880 bits per heavy atom. The van der Waals surface area contributed by atoms with Crippen LogP contribution in [0.2, 0.25) is 0 Å². The maximum absolute atomic E-state index is 6.23. The summed E-state index contributed by atoms with van der Waals surface area (Å²) in [5.41, 5.74) is 0. The molecule has 0 saturated carbocycles. The maximum atomic E-state index is 6.23. The highest BCUT2D eigenvalue weighted by Crippen LogP contribution is 2.31. The molecule has 0 radical (unpaired) electrons. The largest absolute Gasteiger partial charge is 0.325 e. The van der Waals surface area contributed by atoms with Crippen LogP contribution in [0.3, 0.4) is 0 Å². The Hall–Kier alpha value is -0.200. The zero-order valence-electron chi connectivity index (χ0n) is 18.2. The molecule has 0 aromatic carbocycles.